The van der Waals surface area contributed by atoms with Gasteiger partial charge >= 0.3 is 5.97 Å². The van der Waals surface area contributed by atoms with Crippen LogP contribution in [0.4, 0.5) is 0 Å². The highest BCUT2D eigenvalue weighted by atomic mass is 16.5. The summed E-state index contributed by atoms with van der Waals surface area (Å²) >= 11 is 0. The summed E-state index contributed by atoms with van der Waals surface area (Å²) in [7, 11) is 1.64. The van der Waals surface area contributed by atoms with Crippen LogP contribution in [0.3, 0.4) is 0 Å². The predicted octanol–water partition coefficient (Wildman–Crippen LogP) is 1.73. The minimum atomic E-state index is -0.854. The van der Waals surface area contributed by atoms with Gasteiger partial charge in [-0.1, -0.05) is 18.2 Å². The smallest absolute Gasteiger partial charge is 0.307 e. The number of carboxylic acid groups (broad SMARTS) is 1. The van der Waals surface area contributed by atoms with Crippen molar-refractivity contribution in [3.05, 3.63) is 29.8 Å². The van der Waals surface area contributed by atoms with Gasteiger partial charge in [-0.05, 0) is 6.07 Å². The summed E-state index contributed by atoms with van der Waals surface area (Å²) in [6.07, 6.45) is 0.776. The van der Waals surface area contributed by atoms with Gasteiger partial charge in [0.15, 0.2) is 0 Å². The number of carboxylic acids is 1. The van der Waals surface area contributed by atoms with Gasteiger partial charge in [0.05, 0.1) is 13.0 Å². The molecule has 0 saturated heterocycles. The third-order valence-corrected chi connectivity index (χ3v) is 2.06. The number of para-hydroxylation sites is 1. The molecule has 4 heteroatoms. The van der Waals surface area contributed by atoms with Gasteiger partial charge in [-0.15, -0.1) is 0 Å². The number of ether oxygens (including phenoxy) is 2. The average Bonchev–Trinajstić information content (AvgIpc) is 2.26. The van der Waals surface area contributed by atoms with Gasteiger partial charge in [0.2, 0.25) is 0 Å². The molecule has 0 unspecified atom stereocenters. The molecule has 0 radical (unpaired) electrons. The molecule has 0 atom stereocenters. The fraction of sp³-hybridized carbons (Fsp3) is 0.417. The van der Waals surface area contributed by atoms with Crippen molar-refractivity contribution in [3.8, 4) is 5.75 Å². The van der Waals surface area contributed by atoms with Crippen molar-refractivity contribution in [1.82, 2.24) is 0 Å². The first kappa shape index (κ1) is 12.5. The molecule has 1 rings (SSSR count). The maximum absolute atomic E-state index is 10.6. The fourth-order valence-electron chi connectivity index (χ4n) is 1.34. The molecule has 0 saturated carbocycles. The van der Waals surface area contributed by atoms with E-state index in [1.807, 2.05) is 6.07 Å². The third kappa shape index (κ3) is 4.31. The van der Waals surface area contributed by atoms with Gasteiger partial charge in [0.25, 0.3) is 0 Å². The Morgan fingerprint density at radius 1 is 1.31 bits per heavy atom. The van der Waals surface area contributed by atoms with E-state index in [4.69, 9.17) is 14.6 Å². The molecular formula is C12H16O4. The number of hydrogen-bond donors (Lipinski definition) is 1. The fourth-order valence-corrected chi connectivity index (χ4v) is 1.34. The van der Waals surface area contributed by atoms with Crippen LogP contribution < -0.4 is 4.74 Å². The molecule has 0 spiro atoms. The highest BCUT2D eigenvalue weighted by Gasteiger charge is 2.06. The summed E-state index contributed by atoms with van der Waals surface area (Å²) in [5, 5.41) is 8.73. The maximum Gasteiger partial charge on any atom is 0.307 e. The second-order valence-electron chi connectivity index (χ2n) is 3.37. The number of carbonyl (C=O) groups is 1. The summed E-state index contributed by atoms with van der Waals surface area (Å²) < 4.78 is 10.4. The van der Waals surface area contributed by atoms with Crippen molar-refractivity contribution in [2.45, 2.75) is 12.8 Å². The summed E-state index contributed by atoms with van der Waals surface area (Å²) in [6.45, 7) is 1.17. The van der Waals surface area contributed by atoms with Crippen LogP contribution in [0.1, 0.15) is 12.0 Å². The molecule has 4 nitrogen and oxygen atoms in total. The molecular weight excluding hydrogens is 208 g/mol. The van der Waals surface area contributed by atoms with E-state index in [-0.39, 0.29) is 6.42 Å². The topological polar surface area (TPSA) is 55.8 Å². The monoisotopic (exact) mass is 224 g/mol. The molecule has 1 N–H and O–H groups in total. The second-order valence-corrected chi connectivity index (χ2v) is 3.37. The number of benzene rings is 1. The van der Waals surface area contributed by atoms with E-state index < -0.39 is 5.97 Å². The second kappa shape index (κ2) is 6.85. The van der Waals surface area contributed by atoms with Gasteiger partial charge in [-0.25, -0.2) is 0 Å². The minimum Gasteiger partial charge on any atom is -0.493 e. The lowest BCUT2D eigenvalue weighted by atomic mass is 10.1. The van der Waals surface area contributed by atoms with Crippen molar-refractivity contribution < 1.29 is 19.4 Å². The largest absolute Gasteiger partial charge is 0.493 e. The summed E-state index contributed by atoms with van der Waals surface area (Å²) in [4.78, 5) is 10.6. The zero-order valence-electron chi connectivity index (χ0n) is 9.31. The van der Waals surface area contributed by atoms with Crippen LogP contribution in [0.25, 0.3) is 0 Å². The van der Waals surface area contributed by atoms with Gasteiger partial charge in [-0.3, -0.25) is 4.79 Å². The van der Waals surface area contributed by atoms with Crippen LogP contribution >= 0.6 is 0 Å². The number of aliphatic carboxylic acids is 1. The Hall–Kier alpha value is -1.55. The van der Waals surface area contributed by atoms with Gasteiger partial charge in [0, 0.05) is 25.7 Å². The van der Waals surface area contributed by atoms with E-state index in [1.165, 1.54) is 0 Å². The molecule has 0 aliphatic carbocycles. The average molecular weight is 224 g/mol. The quantitative estimate of drug-likeness (QED) is 0.716. The first-order valence-corrected chi connectivity index (χ1v) is 5.15. The molecule has 1 aromatic rings. The van der Waals surface area contributed by atoms with Gasteiger partial charge in [-0.2, -0.15) is 0 Å². The molecule has 0 amide bonds. The van der Waals surface area contributed by atoms with Crippen molar-refractivity contribution in [3.63, 3.8) is 0 Å². The highest BCUT2D eigenvalue weighted by molar-refractivity contribution is 5.71. The zero-order valence-corrected chi connectivity index (χ0v) is 9.31. The molecule has 1 aromatic carbocycles. The molecule has 0 aliphatic heterocycles. The number of methoxy groups -OCH3 is 1. The van der Waals surface area contributed by atoms with Crippen LogP contribution in [0.2, 0.25) is 0 Å². The minimum absolute atomic E-state index is 0.0134. The van der Waals surface area contributed by atoms with Crippen LogP contribution in [0.5, 0.6) is 5.75 Å². The summed E-state index contributed by atoms with van der Waals surface area (Å²) in [6, 6.07) is 7.18. The Kier molecular flexibility index (Phi) is 5.36. The lowest BCUT2D eigenvalue weighted by Gasteiger charge is -2.09. The summed E-state index contributed by atoms with van der Waals surface area (Å²) in [5.74, 6) is -0.214. The van der Waals surface area contributed by atoms with Crippen molar-refractivity contribution in [2.75, 3.05) is 20.3 Å². The molecule has 0 bridgehead atoms. The predicted molar refractivity (Wildman–Crippen MR) is 59.8 cm³/mol. The van der Waals surface area contributed by atoms with Crippen LogP contribution in [-0.4, -0.2) is 31.4 Å². The number of rotatable bonds is 7. The Bertz CT molecular complexity index is 336. The first-order chi connectivity index (χ1) is 7.74. The van der Waals surface area contributed by atoms with Crippen molar-refractivity contribution in [1.29, 1.82) is 0 Å². The number of hydrogen-bond acceptors (Lipinski definition) is 3. The molecule has 0 fully saturated rings. The Labute approximate surface area is 94.8 Å². The summed E-state index contributed by atoms with van der Waals surface area (Å²) in [5.41, 5.74) is 0.701. The SMILES string of the molecule is COCCCOc1ccccc1CC(=O)O. The molecule has 88 valence electrons. The highest BCUT2D eigenvalue weighted by Crippen LogP contribution is 2.18. The van der Waals surface area contributed by atoms with Gasteiger partial charge in [0.1, 0.15) is 5.75 Å². The Morgan fingerprint density at radius 3 is 2.75 bits per heavy atom. The van der Waals surface area contributed by atoms with E-state index in [0.717, 1.165) is 6.42 Å². The van der Waals surface area contributed by atoms with E-state index in [9.17, 15) is 4.79 Å². The van der Waals surface area contributed by atoms with E-state index in [1.54, 1.807) is 25.3 Å². The normalized spacial score (nSPS) is 10.1. The molecule has 0 heterocycles. The first-order valence-electron chi connectivity index (χ1n) is 5.15. The van der Waals surface area contributed by atoms with Crippen molar-refractivity contribution >= 4 is 5.97 Å². The Balaban J connectivity index is 2.53. The molecule has 0 aromatic heterocycles. The third-order valence-electron chi connectivity index (χ3n) is 2.06. The zero-order chi connectivity index (χ0) is 11.8. The maximum atomic E-state index is 10.6. The van der Waals surface area contributed by atoms with Crippen LogP contribution in [-0.2, 0) is 16.0 Å². The van der Waals surface area contributed by atoms with Crippen LogP contribution in [0.15, 0.2) is 24.3 Å². The van der Waals surface area contributed by atoms with E-state index in [0.29, 0.717) is 24.5 Å². The van der Waals surface area contributed by atoms with Gasteiger partial charge < -0.3 is 14.6 Å². The Morgan fingerprint density at radius 2 is 2.06 bits per heavy atom. The lowest BCUT2D eigenvalue weighted by Crippen LogP contribution is -2.06. The van der Waals surface area contributed by atoms with Crippen LogP contribution in [0, 0.1) is 0 Å². The van der Waals surface area contributed by atoms with Crippen molar-refractivity contribution in [2.24, 2.45) is 0 Å². The molecule has 16 heavy (non-hydrogen) atoms. The standard InChI is InChI=1S/C12H16O4/c1-15-7-4-8-16-11-6-3-2-5-10(11)9-12(13)14/h2-3,5-6H,4,7-9H2,1H3,(H,13,14). The van der Waals surface area contributed by atoms with E-state index in [2.05, 4.69) is 0 Å². The lowest BCUT2D eigenvalue weighted by molar-refractivity contribution is -0.136. The molecule has 0 aliphatic rings. The van der Waals surface area contributed by atoms with E-state index >= 15 is 0 Å².